The third kappa shape index (κ3) is 4.28. The van der Waals surface area contributed by atoms with Gasteiger partial charge < -0.3 is 14.7 Å². The predicted octanol–water partition coefficient (Wildman–Crippen LogP) is 4.01. The van der Waals surface area contributed by atoms with Crippen LogP contribution in [0.2, 0.25) is 5.02 Å². The number of benzene rings is 2. The zero-order valence-corrected chi connectivity index (χ0v) is 22.2. The molecule has 38 heavy (non-hydrogen) atoms. The van der Waals surface area contributed by atoms with Gasteiger partial charge >= 0.3 is 5.69 Å². The van der Waals surface area contributed by atoms with Gasteiger partial charge in [-0.25, -0.2) is 13.6 Å². The van der Waals surface area contributed by atoms with Gasteiger partial charge in [0.15, 0.2) is 0 Å². The van der Waals surface area contributed by atoms with Crippen LogP contribution in [0.5, 0.6) is 0 Å². The highest BCUT2D eigenvalue weighted by atomic mass is 35.5. The first-order chi connectivity index (χ1) is 18.4. The third-order valence-electron chi connectivity index (χ3n) is 7.57. The van der Waals surface area contributed by atoms with Gasteiger partial charge in [0.2, 0.25) is 5.91 Å². The second-order valence-electron chi connectivity index (χ2n) is 9.79. The Morgan fingerprint density at radius 2 is 2.00 bits per heavy atom. The minimum atomic E-state index is -0.713. The van der Waals surface area contributed by atoms with Crippen LogP contribution in [0.4, 0.5) is 14.6 Å². The summed E-state index contributed by atoms with van der Waals surface area (Å²) in [6.45, 7) is 8.28. The highest BCUT2D eigenvalue weighted by molar-refractivity contribution is 7.99. The molecule has 7 nitrogen and oxygen atoms in total. The molecule has 2 saturated heterocycles. The van der Waals surface area contributed by atoms with E-state index < -0.39 is 11.6 Å². The van der Waals surface area contributed by atoms with Crippen LogP contribution in [-0.4, -0.2) is 76.3 Å². The summed E-state index contributed by atoms with van der Waals surface area (Å²) in [7, 11) is 0. The van der Waals surface area contributed by atoms with Gasteiger partial charge in [-0.2, -0.15) is 4.98 Å². The lowest BCUT2D eigenvalue weighted by Gasteiger charge is -2.45. The van der Waals surface area contributed by atoms with E-state index in [2.05, 4.69) is 21.4 Å². The summed E-state index contributed by atoms with van der Waals surface area (Å²) in [6.07, 6.45) is 2.47. The number of carbonyl (C=O) groups excluding carboxylic acids is 1. The largest absolute Gasteiger partial charge is 0.350 e. The number of anilines is 1. The summed E-state index contributed by atoms with van der Waals surface area (Å²) < 4.78 is 30.2. The fourth-order valence-electron chi connectivity index (χ4n) is 5.59. The summed E-state index contributed by atoms with van der Waals surface area (Å²) in [6, 6.07) is 5.09. The number of likely N-dealkylation sites (tertiary alicyclic amines) is 1. The molecular formula is C27H26ClF2N5O2S. The topological polar surface area (TPSA) is 61.7 Å². The molecular weight excluding hydrogens is 532 g/mol. The van der Waals surface area contributed by atoms with Crippen LogP contribution < -0.4 is 10.6 Å². The van der Waals surface area contributed by atoms with E-state index >= 15 is 0 Å². The summed E-state index contributed by atoms with van der Waals surface area (Å²) in [5.74, 6) is -0.383. The summed E-state index contributed by atoms with van der Waals surface area (Å²) in [4.78, 5) is 37.2. The molecule has 4 heterocycles. The Kier molecular flexibility index (Phi) is 6.65. The molecule has 3 aliphatic heterocycles. The van der Waals surface area contributed by atoms with Crippen LogP contribution in [0.1, 0.15) is 6.42 Å². The molecule has 2 fully saturated rings. The predicted molar refractivity (Wildman–Crippen MR) is 146 cm³/mol. The number of aromatic nitrogens is 2. The number of carbonyl (C=O) groups is 1. The maximum Gasteiger partial charge on any atom is 0.350 e. The standard InChI is InChI=1S/C27H26ClF2N5O2S/c1-2-22(36)33-8-9-34(17(15-33)14-32-6-3-7-32)26-19-13-20(28)23(18-5-4-16(29)12-21(18)30)25-24(19)35(10-11-38-25)27(37)31-26/h2,4-5,12-13,17H,1,3,6-11,14-15H2/t17-/m0/s1. The lowest BCUT2D eigenvalue weighted by molar-refractivity contribution is -0.126. The van der Waals surface area contributed by atoms with Crippen molar-refractivity contribution in [3.05, 3.63) is 64.1 Å². The maximum absolute atomic E-state index is 14.9. The van der Waals surface area contributed by atoms with Crippen molar-refractivity contribution in [1.82, 2.24) is 19.4 Å². The minimum absolute atomic E-state index is 0.0778. The molecule has 0 unspecified atom stereocenters. The smallest absolute Gasteiger partial charge is 0.348 e. The number of piperazine rings is 1. The molecule has 0 bridgehead atoms. The number of aryl methyl sites for hydroxylation is 1. The van der Waals surface area contributed by atoms with E-state index in [1.165, 1.54) is 30.0 Å². The number of hydrogen-bond donors (Lipinski definition) is 0. The Hall–Kier alpha value is -2.95. The van der Waals surface area contributed by atoms with Gasteiger partial charge in [0.05, 0.1) is 16.6 Å². The van der Waals surface area contributed by atoms with Crippen LogP contribution in [-0.2, 0) is 11.3 Å². The van der Waals surface area contributed by atoms with Crippen molar-refractivity contribution in [1.29, 1.82) is 0 Å². The second-order valence-corrected chi connectivity index (χ2v) is 11.3. The number of rotatable bonds is 5. The SMILES string of the molecule is C=CC(=O)N1CCN(c2nc(=O)n3c4c(c(-c5ccc(F)cc5F)c(Cl)cc24)SCC3)[C@@H](CN2CCC2)C1. The molecule has 2 aromatic carbocycles. The van der Waals surface area contributed by atoms with Crippen LogP contribution in [0.25, 0.3) is 22.0 Å². The zero-order valence-electron chi connectivity index (χ0n) is 20.6. The molecule has 1 amide bonds. The van der Waals surface area contributed by atoms with E-state index in [0.717, 1.165) is 32.1 Å². The van der Waals surface area contributed by atoms with Gasteiger partial charge in [-0.15, -0.1) is 11.8 Å². The van der Waals surface area contributed by atoms with Crippen molar-refractivity contribution in [2.24, 2.45) is 0 Å². The Labute approximate surface area is 227 Å². The summed E-state index contributed by atoms with van der Waals surface area (Å²) >= 11 is 8.32. The first kappa shape index (κ1) is 25.3. The van der Waals surface area contributed by atoms with E-state index in [4.69, 9.17) is 11.6 Å². The molecule has 11 heteroatoms. The van der Waals surface area contributed by atoms with Gasteiger partial charge in [-0.05, 0) is 43.8 Å². The van der Waals surface area contributed by atoms with Crippen molar-refractivity contribution in [2.45, 2.75) is 23.9 Å². The molecule has 0 aliphatic carbocycles. The van der Waals surface area contributed by atoms with Crippen molar-refractivity contribution in [3.8, 4) is 11.1 Å². The monoisotopic (exact) mass is 557 g/mol. The van der Waals surface area contributed by atoms with Crippen molar-refractivity contribution in [3.63, 3.8) is 0 Å². The van der Waals surface area contributed by atoms with Crippen LogP contribution in [0.3, 0.4) is 0 Å². The zero-order chi connectivity index (χ0) is 26.6. The van der Waals surface area contributed by atoms with Gasteiger partial charge in [-0.3, -0.25) is 9.36 Å². The number of thioether (sulfide) groups is 1. The average molecular weight is 558 g/mol. The van der Waals surface area contributed by atoms with E-state index in [1.807, 2.05) is 0 Å². The van der Waals surface area contributed by atoms with Crippen LogP contribution in [0, 0.1) is 11.6 Å². The van der Waals surface area contributed by atoms with Gasteiger partial charge in [-0.1, -0.05) is 18.2 Å². The fourth-order valence-corrected chi connectivity index (χ4v) is 7.15. The van der Waals surface area contributed by atoms with Gasteiger partial charge in [0.1, 0.15) is 17.5 Å². The van der Waals surface area contributed by atoms with E-state index in [1.54, 1.807) is 15.5 Å². The van der Waals surface area contributed by atoms with Crippen molar-refractivity contribution in [2.75, 3.05) is 49.9 Å². The molecule has 6 rings (SSSR count). The van der Waals surface area contributed by atoms with Crippen molar-refractivity contribution < 1.29 is 13.6 Å². The first-order valence-corrected chi connectivity index (χ1v) is 14.0. The van der Waals surface area contributed by atoms with Crippen molar-refractivity contribution >= 4 is 46.0 Å². The second kappa shape index (κ2) is 9.98. The number of nitrogens with zero attached hydrogens (tertiary/aromatic N) is 5. The molecule has 0 radical (unpaired) electrons. The van der Waals surface area contributed by atoms with E-state index in [9.17, 15) is 18.4 Å². The highest BCUT2D eigenvalue weighted by Crippen LogP contribution is 2.46. The maximum atomic E-state index is 14.9. The Bertz CT molecular complexity index is 1530. The lowest BCUT2D eigenvalue weighted by Crippen LogP contribution is -2.60. The Morgan fingerprint density at radius 1 is 1.18 bits per heavy atom. The molecule has 0 spiro atoms. The first-order valence-electron chi connectivity index (χ1n) is 12.6. The number of hydrogen-bond acceptors (Lipinski definition) is 6. The van der Waals surface area contributed by atoms with E-state index in [0.29, 0.717) is 64.1 Å². The van der Waals surface area contributed by atoms with E-state index in [-0.39, 0.29) is 23.2 Å². The lowest BCUT2D eigenvalue weighted by atomic mass is 10.0. The molecule has 3 aromatic rings. The van der Waals surface area contributed by atoms with Crippen LogP contribution >= 0.6 is 23.4 Å². The minimum Gasteiger partial charge on any atom is -0.348 e. The molecule has 3 aliphatic rings. The molecule has 1 atom stereocenters. The number of halogens is 3. The molecule has 1 aromatic heterocycles. The normalized spacial score (nSPS) is 19.5. The highest BCUT2D eigenvalue weighted by Gasteiger charge is 2.35. The third-order valence-corrected chi connectivity index (χ3v) is 8.94. The molecule has 198 valence electrons. The Morgan fingerprint density at radius 3 is 2.71 bits per heavy atom. The molecule has 0 saturated carbocycles. The van der Waals surface area contributed by atoms with Crippen LogP contribution in [0.15, 0.2) is 46.6 Å². The quantitative estimate of drug-likeness (QED) is 0.442. The fraction of sp³-hybridized carbons (Fsp3) is 0.370. The van der Waals surface area contributed by atoms with Gasteiger partial charge in [0.25, 0.3) is 0 Å². The summed E-state index contributed by atoms with van der Waals surface area (Å²) in [5, 5.41) is 1.01. The Balaban J connectivity index is 1.52. The number of amides is 1. The van der Waals surface area contributed by atoms with Gasteiger partial charge in [0, 0.05) is 66.0 Å². The summed E-state index contributed by atoms with van der Waals surface area (Å²) in [5.41, 5.74) is 0.915. The average Bonchev–Trinajstić information content (AvgIpc) is 2.88. The molecule has 0 N–H and O–H groups in total.